The maximum absolute atomic E-state index is 12.4. The lowest BCUT2D eigenvalue weighted by Crippen LogP contribution is -2.29. The molecule has 0 unspecified atom stereocenters. The van der Waals surface area contributed by atoms with Crippen LogP contribution in [0.15, 0.2) is 24.3 Å². The molecule has 29 heavy (non-hydrogen) atoms. The molecular weight excluding hydrogens is 402 g/mol. The molecule has 1 aliphatic rings. The quantitative estimate of drug-likeness (QED) is 0.441. The zero-order chi connectivity index (χ0) is 20.2. The molecule has 0 atom stereocenters. The van der Waals surface area contributed by atoms with Crippen molar-refractivity contribution in [1.29, 1.82) is 0 Å². The molecule has 1 aromatic carbocycles. The van der Waals surface area contributed by atoms with Gasteiger partial charge in [0.15, 0.2) is 10.6 Å². The van der Waals surface area contributed by atoms with Crippen molar-refractivity contribution >= 4 is 29.5 Å². The molecule has 2 N–H and O–H groups in total. The van der Waals surface area contributed by atoms with Crippen LogP contribution in [0, 0.1) is 11.7 Å². The maximum Gasteiger partial charge on any atom is 0.240 e. The number of aromatic nitrogens is 4. The van der Waals surface area contributed by atoms with Crippen LogP contribution in [0.1, 0.15) is 40.4 Å². The van der Waals surface area contributed by atoms with Gasteiger partial charge in [0, 0.05) is 23.4 Å². The predicted octanol–water partition coefficient (Wildman–Crippen LogP) is 4.00. The topological polar surface area (TPSA) is 75.6 Å². The van der Waals surface area contributed by atoms with Gasteiger partial charge < -0.3 is 5.32 Å². The number of thiazole rings is 1. The molecule has 3 aromatic rings. The Morgan fingerprint density at radius 3 is 2.86 bits per heavy atom. The zero-order valence-electron chi connectivity index (χ0n) is 16.5. The van der Waals surface area contributed by atoms with Crippen molar-refractivity contribution in [3.05, 3.63) is 50.2 Å². The first-order valence-electron chi connectivity index (χ1n) is 10.1. The summed E-state index contributed by atoms with van der Waals surface area (Å²) in [5, 5.41) is 11.3. The molecule has 1 aliphatic carbocycles. The molecule has 0 radical (unpaired) electrons. The van der Waals surface area contributed by atoms with Crippen molar-refractivity contribution < 1.29 is 4.79 Å². The predicted molar refractivity (Wildman–Crippen MR) is 118 cm³/mol. The Morgan fingerprint density at radius 2 is 2.07 bits per heavy atom. The van der Waals surface area contributed by atoms with Crippen LogP contribution in [0.4, 0.5) is 0 Å². The molecule has 0 aliphatic heterocycles. The number of aryl methyl sites for hydroxylation is 4. The molecule has 4 rings (SSSR count). The van der Waals surface area contributed by atoms with Gasteiger partial charge in [-0.2, -0.15) is 5.10 Å². The van der Waals surface area contributed by atoms with E-state index in [1.54, 1.807) is 4.57 Å². The molecule has 0 saturated heterocycles. The van der Waals surface area contributed by atoms with Crippen LogP contribution in [-0.2, 0) is 30.6 Å². The third-order valence-electron chi connectivity index (χ3n) is 5.15. The van der Waals surface area contributed by atoms with Crippen LogP contribution in [0.25, 0.3) is 11.4 Å². The average molecular weight is 428 g/mol. The van der Waals surface area contributed by atoms with Crippen LogP contribution < -0.4 is 5.32 Å². The van der Waals surface area contributed by atoms with Crippen molar-refractivity contribution in [2.24, 2.45) is 0 Å². The number of nitrogens with one attached hydrogen (secondary N) is 2. The first-order valence-corrected chi connectivity index (χ1v) is 11.3. The Labute approximate surface area is 179 Å². The summed E-state index contributed by atoms with van der Waals surface area (Å²) in [5.74, 6) is 0.618. The number of amides is 1. The van der Waals surface area contributed by atoms with E-state index in [9.17, 15) is 4.79 Å². The van der Waals surface area contributed by atoms with Crippen LogP contribution in [0.2, 0.25) is 0 Å². The van der Waals surface area contributed by atoms with Crippen LogP contribution in [0.3, 0.4) is 0 Å². The first-order chi connectivity index (χ1) is 14.1. The van der Waals surface area contributed by atoms with Gasteiger partial charge in [-0.3, -0.25) is 14.5 Å². The first kappa shape index (κ1) is 20.0. The molecular formula is C21H25N5OS2. The largest absolute Gasteiger partial charge is 0.355 e. The van der Waals surface area contributed by atoms with E-state index in [4.69, 9.17) is 17.2 Å². The van der Waals surface area contributed by atoms with Crippen LogP contribution in [0.5, 0.6) is 0 Å². The summed E-state index contributed by atoms with van der Waals surface area (Å²) in [6.07, 6.45) is 6.65. The van der Waals surface area contributed by atoms with E-state index in [1.807, 2.05) is 42.5 Å². The lowest BCUT2D eigenvalue weighted by Gasteiger charge is -2.08. The van der Waals surface area contributed by atoms with Crippen LogP contribution >= 0.6 is 23.6 Å². The summed E-state index contributed by atoms with van der Waals surface area (Å²) < 4.78 is 2.19. The summed E-state index contributed by atoms with van der Waals surface area (Å²) in [4.78, 5) is 18.7. The number of fused-ring (bicyclic) bond motifs is 1. The van der Waals surface area contributed by atoms with Crippen molar-refractivity contribution in [3.63, 3.8) is 0 Å². The van der Waals surface area contributed by atoms with Crippen molar-refractivity contribution in [3.8, 4) is 11.4 Å². The molecule has 0 bridgehead atoms. The zero-order valence-corrected chi connectivity index (χ0v) is 18.2. The molecule has 0 spiro atoms. The number of H-pyrrole nitrogens is 1. The van der Waals surface area contributed by atoms with Gasteiger partial charge in [-0.05, 0) is 51.2 Å². The fourth-order valence-corrected chi connectivity index (χ4v) is 4.96. The molecule has 6 nitrogen and oxygen atoms in total. The van der Waals surface area contributed by atoms with Crippen molar-refractivity contribution in [2.75, 3.05) is 6.54 Å². The normalized spacial score (nSPS) is 13.3. The third kappa shape index (κ3) is 4.82. The van der Waals surface area contributed by atoms with E-state index >= 15 is 0 Å². The lowest BCUT2D eigenvalue weighted by molar-refractivity contribution is -0.121. The highest BCUT2D eigenvalue weighted by Gasteiger charge is 2.15. The summed E-state index contributed by atoms with van der Waals surface area (Å²) in [7, 11) is 0. The second kappa shape index (κ2) is 9.00. The van der Waals surface area contributed by atoms with E-state index < -0.39 is 0 Å². The van der Waals surface area contributed by atoms with Gasteiger partial charge in [0.25, 0.3) is 0 Å². The van der Waals surface area contributed by atoms with Gasteiger partial charge in [-0.15, -0.1) is 11.3 Å². The Bertz CT molecular complexity index is 1020. The number of aromatic amines is 1. The molecule has 2 heterocycles. The number of rotatable bonds is 7. The molecule has 152 valence electrons. The highest BCUT2D eigenvalue weighted by atomic mass is 32.1. The fourth-order valence-electron chi connectivity index (χ4n) is 3.57. The molecule has 1 amide bonds. The number of carbonyl (C=O) groups is 1. The number of benzene rings is 1. The average Bonchev–Trinajstić information content (AvgIpc) is 3.29. The minimum atomic E-state index is -0.0608. The minimum absolute atomic E-state index is 0.0608. The number of carbonyl (C=O) groups excluding carboxylic acids is 1. The van der Waals surface area contributed by atoms with Gasteiger partial charge in [0.1, 0.15) is 6.54 Å². The fraction of sp³-hybridized carbons (Fsp3) is 0.429. The Hall–Kier alpha value is -2.32. The monoisotopic (exact) mass is 427 g/mol. The smallest absolute Gasteiger partial charge is 0.240 e. The molecule has 2 aromatic heterocycles. The Kier molecular flexibility index (Phi) is 6.20. The Balaban J connectivity index is 1.30. The molecule has 0 fully saturated rings. The highest BCUT2D eigenvalue weighted by Crippen LogP contribution is 2.27. The highest BCUT2D eigenvalue weighted by molar-refractivity contribution is 7.71. The number of nitrogens with zero attached hydrogens (tertiary/aromatic N) is 3. The van der Waals surface area contributed by atoms with Gasteiger partial charge >= 0.3 is 0 Å². The van der Waals surface area contributed by atoms with Gasteiger partial charge in [-0.25, -0.2) is 4.98 Å². The van der Waals surface area contributed by atoms with Crippen molar-refractivity contribution in [2.45, 2.75) is 52.0 Å². The second-order valence-electron chi connectivity index (χ2n) is 7.44. The Morgan fingerprint density at radius 1 is 1.28 bits per heavy atom. The van der Waals surface area contributed by atoms with E-state index in [0.717, 1.165) is 24.8 Å². The third-order valence-corrected chi connectivity index (χ3v) is 6.68. The lowest BCUT2D eigenvalue weighted by atomic mass is 10.0. The number of hydrogen-bond donors (Lipinski definition) is 2. The summed E-state index contributed by atoms with van der Waals surface area (Å²) in [6.45, 7) is 2.83. The van der Waals surface area contributed by atoms with Gasteiger partial charge in [0.05, 0.1) is 10.7 Å². The second-order valence-corrected chi connectivity index (χ2v) is 9.00. The van der Waals surface area contributed by atoms with E-state index in [-0.39, 0.29) is 12.5 Å². The summed E-state index contributed by atoms with van der Waals surface area (Å²) in [6, 6.07) is 8.02. The number of hydrogen-bond acceptors (Lipinski definition) is 5. The van der Waals surface area contributed by atoms with Crippen molar-refractivity contribution in [1.82, 2.24) is 25.1 Å². The van der Waals surface area contributed by atoms with E-state index in [0.29, 0.717) is 17.1 Å². The molecule has 0 saturated carbocycles. The van der Waals surface area contributed by atoms with E-state index in [2.05, 4.69) is 15.5 Å². The van der Waals surface area contributed by atoms with E-state index in [1.165, 1.54) is 40.4 Å². The summed E-state index contributed by atoms with van der Waals surface area (Å²) >= 11 is 7.16. The van der Waals surface area contributed by atoms with Gasteiger partial charge in [-0.1, -0.05) is 29.8 Å². The summed E-state index contributed by atoms with van der Waals surface area (Å²) in [5.41, 5.74) is 3.41. The maximum atomic E-state index is 12.4. The standard InChI is InChI=1S/C21H25N5OS2/c1-14-8-10-15(11-9-14)20-24-25-21(28)26(20)13-18(27)22-12-4-7-19-23-16-5-2-3-6-17(16)29-19/h8-11H,2-7,12-13H2,1H3,(H,22,27)(H,25,28). The molecule has 8 heteroatoms. The minimum Gasteiger partial charge on any atom is -0.355 e. The van der Waals surface area contributed by atoms with Crippen LogP contribution in [-0.4, -0.2) is 32.2 Å². The SMILES string of the molecule is Cc1ccc(-c2n[nH]c(=S)n2CC(=O)NCCCc2nc3c(s2)CCCC3)cc1. The van der Waals surface area contributed by atoms with Gasteiger partial charge in [0.2, 0.25) is 5.91 Å².